The van der Waals surface area contributed by atoms with E-state index in [4.69, 9.17) is 4.74 Å². The maximum atomic E-state index is 12.7. The van der Waals surface area contributed by atoms with E-state index in [1.165, 1.54) is 25.9 Å². The van der Waals surface area contributed by atoms with Crippen molar-refractivity contribution in [3.05, 3.63) is 34.9 Å². The van der Waals surface area contributed by atoms with Gasteiger partial charge in [0, 0.05) is 18.0 Å². The highest BCUT2D eigenvalue weighted by atomic mass is 16.5. The number of hydrogen-bond donors (Lipinski definition) is 1. The molecule has 1 aromatic carbocycles. The van der Waals surface area contributed by atoms with E-state index in [2.05, 4.69) is 14.9 Å². The number of methoxy groups -OCH3 is 1. The lowest BCUT2D eigenvalue weighted by atomic mass is 10.2. The Morgan fingerprint density at radius 2 is 2.08 bits per heavy atom. The number of hydrogen-bond acceptors (Lipinski definition) is 4. The second kappa shape index (κ2) is 6.28. The number of aromatic nitrogens is 3. The van der Waals surface area contributed by atoms with Crippen molar-refractivity contribution in [2.24, 2.45) is 0 Å². The number of aryl methyl sites for hydroxylation is 1. The van der Waals surface area contributed by atoms with E-state index in [1.54, 1.807) is 18.0 Å². The lowest BCUT2D eigenvalue weighted by molar-refractivity contribution is 0.324. The van der Waals surface area contributed by atoms with Crippen molar-refractivity contribution < 1.29 is 4.74 Å². The van der Waals surface area contributed by atoms with Gasteiger partial charge >= 0.3 is 0 Å². The van der Waals surface area contributed by atoms with Crippen molar-refractivity contribution in [3.8, 4) is 5.75 Å². The number of nitrogens with one attached hydrogen (secondary N) is 1. The summed E-state index contributed by atoms with van der Waals surface area (Å²) in [6, 6.07) is 5.73. The van der Waals surface area contributed by atoms with E-state index in [0.717, 1.165) is 35.1 Å². The minimum Gasteiger partial charge on any atom is -0.497 e. The van der Waals surface area contributed by atoms with E-state index in [-0.39, 0.29) is 5.56 Å². The second-order valence-electron chi connectivity index (χ2n) is 6.41. The molecule has 2 aromatic heterocycles. The Balaban J connectivity index is 1.61. The van der Waals surface area contributed by atoms with Crippen molar-refractivity contribution in [1.82, 2.24) is 19.4 Å². The number of fused-ring (bicyclic) bond motifs is 3. The average Bonchev–Trinajstić information content (AvgIpc) is 3.24. The predicted molar refractivity (Wildman–Crippen MR) is 94.7 cm³/mol. The first-order chi connectivity index (χ1) is 11.8. The maximum absolute atomic E-state index is 12.7. The van der Waals surface area contributed by atoms with Crippen molar-refractivity contribution in [1.29, 1.82) is 0 Å². The molecule has 1 aliphatic heterocycles. The molecule has 3 heterocycles. The second-order valence-corrected chi connectivity index (χ2v) is 6.41. The van der Waals surface area contributed by atoms with Crippen LogP contribution in [0.15, 0.2) is 29.3 Å². The molecule has 0 spiro atoms. The van der Waals surface area contributed by atoms with Crippen LogP contribution in [0.25, 0.3) is 21.9 Å². The zero-order valence-corrected chi connectivity index (χ0v) is 13.9. The van der Waals surface area contributed by atoms with Gasteiger partial charge < -0.3 is 14.6 Å². The van der Waals surface area contributed by atoms with Crippen LogP contribution in [-0.2, 0) is 6.54 Å². The monoisotopic (exact) mass is 326 g/mol. The van der Waals surface area contributed by atoms with Gasteiger partial charge in [0.05, 0.1) is 19.0 Å². The fraction of sp³-hybridized carbons (Fsp3) is 0.444. The molecule has 1 fully saturated rings. The summed E-state index contributed by atoms with van der Waals surface area (Å²) in [4.78, 5) is 22.9. The number of ether oxygens (including phenoxy) is 1. The largest absolute Gasteiger partial charge is 0.497 e. The Kier molecular flexibility index (Phi) is 3.98. The number of benzene rings is 1. The molecule has 1 aliphatic rings. The zero-order valence-electron chi connectivity index (χ0n) is 13.9. The molecule has 0 aliphatic carbocycles. The van der Waals surface area contributed by atoms with Gasteiger partial charge in [-0.25, -0.2) is 4.98 Å². The Morgan fingerprint density at radius 3 is 2.88 bits per heavy atom. The summed E-state index contributed by atoms with van der Waals surface area (Å²) in [7, 11) is 1.63. The highest BCUT2D eigenvalue weighted by Crippen LogP contribution is 2.25. The van der Waals surface area contributed by atoms with E-state index >= 15 is 0 Å². The van der Waals surface area contributed by atoms with Crippen LogP contribution in [0.4, 0.5) is 0 Å². The van der Waals surface area contributed by atoms with Gasteiger partial charge in [-0.3, -0.25) is 9.36 Å². The van der Waals surface area contributed by atoms with Crippen LogP contribution in [0.1, 0.15) is 19.3 Å². The van der Waals surface area contributed by atoms with Crippen molar-refractivity contribution in [2.75, 3.05) is 26.7 Å². The minimum atomic E-state index is -0.00316. The molecular weight excluding hydrogens is 304 g/mol. The maximum Gasteiger partial charge on any atom is 0.277 e. The molecule has 24 heavy (non-hydrogen) atoms. The summed E-state index contributed by atoms with van der Waals surface area (Å²) in [5.41, 5.74) is 2.18. The normalized spacial score (nSPS) is 15.5. The molecule has 3 aromatic rings. The topological polar surface area (TPSA) is 63.2 Å². The summed E-state index contributed by atoms with van der Waals surface area (Å²) in [5, 5.41) is 0.951. The predicted octanol–water partition coefficient (Wildman–Crippen LogP) is 2.37. The van der Waals surface area contributed by atoms with Crippen LogP contribution in [0.3, 0.4) is 0 Å². The van der Waals surface area contributed by atoms with Crippen molar-refractivity contribution in [3.63, 3.8) is 0 Å². The molecule has 0 amide bonds. The zero-order chi connectivity index (χ0) is 16.5. The molecule has 0 atom stereocenters. The molecule has 126 valence electrons. The smallest absolute Gasteiger partial charge is 0.277 e. The van der Waals surface area contributed by atoms with Gasteiger partial charge in [-0.15, -0.1) is 0 Å². The average molecular weight is 326 g/mol. The third kappa shape index (κ3) is 2.67. The molecule has 1 N–H and O–H groups in total. The lowest BCUT2D eigenvalue weighted by Crippen LogP contribution is -2.25. The molecule has 4 rings (SSSR count). The lowest BCUT2D eigenvalue weighted by Gasteiger charge is -2.14. The van der Waals surface area contributed by atoms with E-state index in [9.17, 15) is 4.79 Å². The van der Waals surface area contributed by atoms with Crippen LogP contribution < -0.4 is 10.3 Å². The number of aromatic amines is 1. The van der Waals surface area contributed by atoms with Crippen LogP contribution >= 0.6 is 0 Å². The van der Waals surface area contributed by atoms with Gasteiger partial charge in [-0.1, -0.05) is 0 Å². The minimum absolute atomic E-state index is 0.00316. The molecule has 0 radical (unpaired) electrons. The molecular formula is C18H22N4O2. The van der Waals surface area contributed by atoms with Crippen LogP contribution in [0.2, 0.25) is 0 Å². The summed E-state index contributed by atoms with van der Waals surface area (Å²) >= 11 is 0. The van der Waals surface area contributed by atoms with Gasteiger partial charge in [-0.05, 0) is 51.0 Å². The summed E-state index contributed by atoms with van der Waals surface area (Å²) in [5.74, 6) is 0.764. The fourth-order valence-corrected chi connectivity index (χ4v) is 3.53. The van der Waals surface area contributed by atoms with Crippen molar-refractivity contribution >= 4 is 21.9 Å². The Labute approximate surface area is 140 Å². The summed E-state index contributed by atoms with van der Waals surface area (Å²) in [6.07, 6.45) is 5.24. The highest BCUT2D eigenvalue weighted by Gasteiger charge is 2.13. The first-order valence-corrected chi connectivity index (χ1v) is 8.53. The van der Waals surface area contributed by atoms with Gasteiger partial charge in [0.15, 0.2) is 0 Å². The molecule has 0 saturated carbocycles. The molecule has 0 unspecified atom stereocenters. The third-order valence-corrected chi connectivity index (χ3v) is 4.85. The molecule has 6 heteroatoms. The number of H-pyrrole nitrogens is 1. The highest BCUT2D eigenvalue weighted by molar-refractivity contribution is 6.04. The number of rotatable bonds is 5. The number of likely N-dealkylation sites (tertiary alicyclic amines) is 1. The summed E-state index contributed by atoms with van der Waals surface area (Å²) in [6.45, 7) is 4.14. The first-order valence-electron chi connectivity index (χ1n) is 8.53. The Hall–Kier alpha value is -2.34. The van der Waals surface area contributed by atoms with Gasteiger partial charge in [0.1, 0.15) is 16.8 Å². The van der Waals surface area contributed by atoms with E-state index in [0.29, 0.717) is 12.1 Å². The van der Waals surface area contributed by atoms with Gasteiger partial charge in [-0.2, -0.15) is 0 Å². The van der Waals surface area contributed by atoms with Crippen LogP contribution in [-0.4, -0.2) is 46.2 Å². The quantitative estimate of drug-likeness (QED) is 0.782. The molecule has 6 nitrogen and oxygen atoms in total. The van der Waals surface area contributed by atoms with Gasteiger partial charge in [0.2, 0.25) is 0 Å². The van der Waals surface area contributed by atoms with E-state index < -0.39 is 0 Å². The summed E-state index contributed by atoms with van der Waals surface area (Å²) < 4.78 is 6.96. The Morgan fingerprint density at radius 1 is 1.25 bits per heavy atom. The van der Waals surface area contributed by atoms with Crippen LogP contribution in [0, 0.1) is 0 Å². The Bertz CT molecular complexity index is 922. The molecule has 1 saturated heterocycles. The standard InChI is InChI=1S/C18H22N4O2/c1-24-13-5-6-14-15(11-13)20-17-16(14)19-12-22(18(17)23)10-4-9-21-7-2-3-8-21/h5-6,11-12,20H,2-4,7-10H2,1H3. The first kappa shape index (κ1) is 15.2. The SMILES string of the molecule is COc1ccc2c(c1)[nH]c1c(=O)n(CCCN3CCCC3)cnc12. The molecule has 0 bridgehead atoms. The van der Waals surface area contributed by atoms with Crippen molar-refractivity contribution in [2.45, 2.75) is 25.8 Å². The van der Waals surface area contributed by atoms with Gasteiger partial charge in [0.25, 0.3) is 5.56 Å². The number of nitrogens with zero attached hydrogens (tertiary/aromatic N) is 3. The van der Waals surface area contributed by atoms with Crippen LogP contribution in [0.5, 0.6) is 5.75 Å². The van der Waals surface area contributed by atoms with E-state index in [1.807, 2.05) is 18.2 Å². The third-order valence-electron chi connectivity index (χ3n) is 4.85. The fourth-order valence-electron chi connectivity index (χ4n) is 3.53.